The molecule has 0 aromatic heterocycles. The molecule has 2 aromatic carbocycles. The third-order valence-corrected chi connectivity index (χ3v) is 2.69. The quantitative estimate of drug-likeness (QED) is 0.805. The molecule has 0 unspecified atom stereocenters. The highest BCUT2D eigenvalue weighted by Crippen LogP contribution is 2.32. The van der Waals surface area contributed by atoms with Crippen LogP contribution in [-0.4, -0.2) is 11.4 Å². The number of carbonyl (C=O) groups excluding carboxylic acids is 1. The maximum Gasteiger partial charge on any atom is 0.154 e. The second-order valence-electron chi connectivity index (χ2n) is 3.34. The van der Waals surface area contributed by atoms with Gasteiger partial charge in [-0.3, -0.25) is 4.79 Å². The fourth-order valence-electron chi connectivity index (χ4n) is 1.59. The highest BCUT2D eigenvalue weighted by atomic mass is 35.5. The minimum Gasteiger partial charge on any atom is -0.507 e. The summed E-state index contributed by atoms with van der Waals surface area (Å²) in [6.07, 6.45) is 0.633. The molecule has 0 amide bonds. The summed E-state index contributed by atoms with van der Waals surface area (Å²) in [7, 11) is 0. The maximum absolute atomic E-state index is 10.9. The first-order valence-electron chi connectivity index (χ1n) is 4.76. The second kappa shape index (κ2) is 4.37. The number of hydrogen-bond acceptors (Lipinski definition) is 2. The first kappa shape index (κ1) is 10.7. The van der Waals surface area contributed by atoms with E-state index in [1.54, 1.807) is 18.2 Å². The van der Waals surface area contributed by atoms with Crippen LogP contribution in [0.2, 0.25) is 5.02 Å². The number of benzene rings is 2. The summed E-state index contributed by atoms with van der Waals surface area (Å²) in [5.41, 5.74) is 1.64. The zero-order valence-corrected chi connectivity index (χ0v) is 9.11. The molecule has 3 heteroatoms. The Morgan fingerprint density at radius 3 is 2.38 bits per heavy atom. The summed E-state index contributed by atoms with van der Waals surface area (Å²) >= 11 is 6.04. The summed E-state index contributed by atoms with van der Waals surface area (Å²) in [6.45, 7) is 0. The van der Waals surface area contributed by atoms with Gasteiger partial charge in [0.05, 0.1) is 5.56 Å². The molecule has 0 radical (unpaired) electrons. The highest BCUT2D eigenvalue weighted by molar-refractivity contribution is 6.33. The summed E-state index contributed by atoms with van der Waals surface area (Å²) in [5.74, 6) is -0.0348. The number of carbonyl (C=O) groups is 1. The van der Waals surface area contributed by atoms with E-state index in [9.17, 15) is 9.90 Å². The molecule has 80 valence electrons. The summed E-state index contributed by atoms with van der Waals surface area (Å²) < 4.78 is 0. The first-order valence-corrected chi connectivity index (χ1v) is 5.14. The number of phenolic OH excluding ortho intramolecular Hbond substituents is 1. The minimum absolute atomic E-state index is 0.0348. The van der Waals surface area contributed by atoms with Crippen LogP contribution in [-0.2, 0) is 0 Å². The van der Waals surface area contributed by atoms with E-state index in [-0.39, 0.29) is 11.3 Å². The first-order chi connectivity index (χ1) is 7.74. The zero-order chi connectivity index (χ0) is 11.5. The molecule has 2 rings (SSSR count). The van der Waals surface area contributed by atoms with E-state index in [1.165, 1.54) is 6.07 Å². The molecule has 0 aliphatic heterocycles. The van der Waals surface area contributed by atoms with E-state index in [0.717, 1.165) is 5.56 Å². The zero-order valence-electron chi connectivity index (χ0n) is 8.35. The van der Waals surface area contributed by atoms with Gasteiger partial charge >= 0.3 is 0 Å². The third kappa shape index (κ3) is 1.79. The van der Waals surface area contributed by atoms with Gasteiger partial charge in [0, 0.05) is 10.6 Å². The van der Waals surface area contributed by atoms with E-state index in [2.05, 4.69) is 0 Å². The fourth-order valence-corrected chi connectivity index (χ4v) is 1.83. The Hall–Kier alpha value is -1.80. The van der Waals surface area contributed by atoms with Crippen molar-refractivity contribution in [2.24, 2.45) is 0 Å². The van der Waals surface area contributed by atoms with Crippen LogP contribution in [0, 0.1) is 0 Å². The molecule has 1 N–H and O–H groups in total. The summed E-state index contributed by atoms with van der Waals surface area (Å²) in [4.78, 5) is 10.9. The van der Waals surface area contributed by atoms with Crippen molar-refractivity contribution in [2.75, 3.05) is 0 Å². The van der Waals surface area contributed by atoms with Gasteiger partial charge in [-0.15, -0.1) is 0 Å². The predicted octanol–water partition coefficient (Wildman–Crippen LogP) is 3.53. The molecule has 0 saturated carbocycles. The van der Waals surface area contributed by atoms with Crippen molar-refractivity contribution in [2.45, 2.75) is 0 Å². The number of aldehydes is 1. The van der Waals surface area contributed by atoms with Crippen LogP contribution in [0.5, 0.6) is 5.75 Å². The Labute approximate surface area is 98.1 Å². The number of phenols is 1. The van der Waals surface area contributed by atoms with Gasteiger partial charge in [0.1, 0.15) is 5.75 Å². The van der Waals surface area contributed by atoms with Crippen LogP contribution >= 0.6 is 11.6 Å². The molecule has 0 fully saturated rings. The van der Waals surface area contributed by atoms with E-state index in [4.69, 9.17) is 11.6 Å². The van der Waals surface area contributed by atoms with Gasteiger partial charge in [-0.05, 0) is 17.7 Å². The van der Waals surface area contributed by atoms with Crippen molar-refractivity contribution >= 4 is 17.9 Å². The van der Waals surface area contributed by atoms with Crippen molar-refractivity contribution in [3.63, 3.8) is 0 Å². The van der Waals surface area contributed by atoms with Gasteiger partial charge in [-0.1, -0.05) is 41.9 Å². The third-order valence-electron chi connectivity index (χ3n) is 2.36. The second-order valence-corrected chi connectivity index (χ2v) is 3.74. The molecule has 0 bridgehead atoms. The molecule has 0 atom stereocenters. The van der Waals surface area contributed by atoms with Crippen molar-refractivity contribution in [3.05, 3.63) is 53.1 Å². The monoisotopic (exact) mass is 232 g/mol. The van der Waals surface area contributed by atoms with Crippen LogP contribution in [0.1, 0.15) is 10.4 Å². The molecule has 16 heavy (non-hydrogen) atoms. The Morgan fingerprint density at radius 2 is 1.69 bits per heavy atom. The van der Waals surface area contributed by atoms with Gasteiger partial charge < -0.3 is 5.11 Å². The van der Waals surface area contributed by atoms with Gasteiger partial charge in [0.2, 0.25) is 0 Å². The lowest BCUT2D eigenvalue weighted by molar-refractivity contribution is 0.112. The van der Waals surface area contributed by atoms with Crippen LogP contribution in [0.15, 0.2) is 42.5 Å². The Kier molecular flexibility index (Phi) is 2.93. The SMILES string of the molecule is O=Cc1c(O)cccc1-c1ccccc1Cl. The normalized spacial score (nSPS) is 10.1. The minimum atomic E-state index is -0.0348. The Morgan fingerprint density at radius 1 is 1.00 bits per heavy atom. The highest BCUT2D eigenvalue weighted by Gasteiger charge is 2.10. The van der Waals surface area contributed by atoms with Crippen LogP contribution in [0.3, 0.4) is 0 Å². The lowest BCUT2D eigenvalue weighted by Gasteiger charge is -2.08. The van der Waals surface area contributed by atoms with E-state index < -0.39 is 0 Å². The van der Waals surface area contributed by atoms with Crippen molar-refractivity contribution in [1.82, 2.24) is 0 Å². The molecular weight excluding hydrogens is 224 g/mol. The van der Waals surface area contributed by atoms with Crippen molar-refractivity contribution < 1.29 is 9.90 Å². The Bertz CT molecular complexity index is 535. The average Bonchev–Trinajstić information content (AvgIpc) is 2.29. The van der Waals surface area contributed by atoms with Crippen LogP contribution in [0.25, 0.3) is 11.1 Å². The predicted molar refractivity (Wildman–Crippen MR) is 63.9 cm³/mol. The smallest absolute Gasteiger partial charge is 0.154 e. The summed E-state index contributed by atoms with van der Waals surface area (Å²) in [6, 6.07) is 12.1. The van der Waals surface area contributed by atoms with Crippen LogP contribution < -0.4 is 0 Å². The average molecular weight is 233 g/mol. The van der Waals surface area contributed by atoms with Gasteiger partial charge in [0.25, 0.3) is 0 Å². The lowest BCUT2D eigenvalue weighted by Crippen LogP contribution is -1.88. The molecule has 0 saturated heterocycles. The molecule has 2 nitrogen and oxygen atoms in total. The molecule has 0 aliphatic carbocycles. The van der Waals surface area contributed by atoms with Crippen molar-refractivity contribution in [3.8, 4) is 16.9 Å². The van der Waals surface area contributed by atoms with Crippen LogP contribution in [0.4, 0.5) is 0 Å². The largest absolute Gasteiger partial charge is 0.507 e. The van der Waals surface area contributed by atoms with Gasteiger partial charge in [-0.25, -0.2) is 0 Å². The number of aromatic hydroxyl groups is 1. The number of hydrogen-bond donors (Lipinski definition) is 1. The van der Waals surface area contributed by atoms with Gasteiger partial charge in [0.15, 0.2) is 6.29 Å². The standard InChI is InChI=1S/C13H9ClO2/c14-12-6-2-1-4-10(12)9-5-3-7-13(16)11(9)8-15/h1-8,16H. The van der Waals surface area contributed by atoms with E-state index in [0.29, 0.717) is 16.9 Å². The topological polar surface area (TPSA) is 37.3 Å². The Balaban J connectivity index is 2.69. The molecule has 2 aromatic rings. The summed E-state index contributed by atoms with van der Waals surface area (Å²) in [5, 5.41) is 10.1. The lowest BCUT2D eigenvalue weighted by atomic mass is 10.00. The van der Waals surface area contributed by atoms with E-state index in [1.807, 2.05) is 18.2 Å². The molecule has 0 aliphatic rings. The maximum atomic E-state index is 10.9. The van der Waals surface area contributed by atoms with Gasteiger partial charge in [-0.2, -0.15) is 0 Å². The van der Waals surface area contributed by atoms with Crippen molar-refractivity contribution in [1.29, 1.82) is 0 Å². The fraction of sp³-hybridized carbons (Fsp3) is 0. The number of rotatable bonds is 2. The molecule has 0 heterocycles. The molecule has 0 spiro atoms. The van der Waals surface area contributed by atoms with E-state index >= 15 is 0 Å². The number of halogens is 1. The molecular formula is C13H9ClO2.